The molecule has 172 valence electrons. The lowest BCUT2D eigenvalue weighted by Crippen LogP contribution is -2.42. The number of carbonyl (C=O) groups is 1. The first kappa shape index (κ1) is 23.4. The van der Waals surface area contributed by atoms with Crippen LogP contribution in [0.25, 0.3) is 0 Å². The second-order valence-electron chi connectivity index (χ2n) is 8.11. The number of halogens is 2. The molecule has 5 nitrogen and oxygen atoms in total. The van der Waals surface area contributed by atoms with Gasteiger partial charge in [0.25, 0.3) is 0 Å². The number of nitrogens with zero attached hydrogens (tertiary/aromatic N) is 1. The fraction of sp³-hybridized carbons (Fsp3) is 0.240. The lowest BCUT2D eigenvalue weighted by atomic mass is 9.92. The predicted molar refractivity (Wildman–Crippen MR) is 126 cm³/mol. The molecule has 1 N–H and O–H groups in total. The molecule has 3 aromatic rings. The molecule has 1 aliphatic rings. The van der Waals surface area contributed by atoms with E-state index in [9.17, 15) is 17.6 Å². The van der Waals surface area contributed by atoms with Crippen molar-refractivity contribution in [2.45, 2.75) is 37.2 Å². The number of benzene rings is 3. The average molecular weight is 487 g/mol. The summed E-state index contributed by atoms with van der Waals surface area (Å²) in [5.74, 6) is -0.771. The minimum absolute atomic E-state index is 0.0408. The molecule has 0 saturated heterocycles. The van der Waals surface area contributed by atoms with Crippen LogP contribution in [0.15, 0.2) is 71.6 Å². The lowest BCUT2D eigenvalue weighted by molar-refractivity contribution is -0.122. The van der Waals surface area contributed by atoms with Crippen molar-refractivity contribution < 1.29 is 17.6 Å². The maximum absolute atomic E-state index is 13.5. The SMILES string of the molecule is Cc1ccc(S(=O)(=O)N2CCc3ccccc3[C@H]2CC(=O)NCc2ccc(F)cc2Cl)cc1. The first-order chi connectivity index (χ1) is 15.8. The Morgan fingerprint density at radius 2 is 1.85 bits per heavy atom. The number of aryl methyl sites for hydroxylation is 1. The highest BCUT2D eigenvalue weighted by molar-refractivity contribution is 7.89. The van der Waals surface area contributed by atoms with Gasteiger partial charge in [-0.05, 0) is 54.3 Å². The summed E-state index contributed by atoms with van der Waals surface area (Å²) in [6.07, 6.45) is 0.533. The third-order valence-corrected chi connectivity index (χ3v) is 8.13. The van der Waals surface area contributed by atoms with E-state index in [1.165, 1.54) is 22.5 Å². The van der Waals surface area contributed by atoms with Gasteiger partial charge in [0.1, 0.15) is 5.82 Å². The van der Waals surface area contributed by atoms with Crippen molar-refractivity contribution in [3.05, 3.63) is 99.8 Å². The normalized spacial score (nSPS) is 16.3. The molecule has 0 bridgehead atoms. The van der Waals surface area contributed by atoms with Crippen LogP contribution in [0.3, 0.4) is 0 Å². The molecule has 1 heterocycles. The Morgan fingerprint density at radius 3 is 2.58 bits per heavy atom. The summed E-state index contributed by atoms with van der Waals surface area (Å²) in [5.41, 5.74) is 3.41. The Morgan fingerprint density at radius 1 is 1.12 bits per heavy atom. The maximum Gasteiger partial charge on any atom is 0.243 e. The first-order valence-corrected chi connectivity index (χ1v) is 12.4. The smallest absolute Gasteiger partial charge is 0.243 e. The van der Waals surface area contributed by atoms with Gasteiger partial charge in [0.15, 0.2) is 0 Å². The average Bonchev–Trinajstić information content (AvgIpc) is 2.79. The van der Waals surface area contributed by atoms with Crippen LogP contribution >= 0.6 is 11.6 Å². The van der Waals surface area contributed by atoms with E-state index in [0.29, 0.717) is 12.0 Å². The molecular formula is C25H24ClFN2O3S. The standard InChI is InChI=1S/C25H24ClFN2O3S/c1-17-6-10-21(11-7-17)33(31,32)29-13-12-18-4-2-3-5-22(18)24(29)15-25(30)28-16-19-8-9-20(27)14-23(19)26/h2-11,14,24H,12-13,15-16H2,1H3,(H,28,30)/t24-/m1/s1. The molecule has 0 spiro atoms. The Labute approximate surface area is 198 Å². The van der Waals surface area contributed by atoms with Crippen LogP contribution < -0.4 is 5.32 Å². The molecule has 1 amide bonds. The highest BCUT2D eigenvalue weighted by atomic mass is 35.5. The fourth-order valence-corrected chi connectivity index (χ4v) is 5.92. The second-order valence-corrected chi connectivity index (χ2v) is 10.4. The van der Waals surface area contributed by atoms with Gasteiger partial charge in [0, 0.05) is 24.5 Å². The monoisotopic (exact) mass is 486 g/mol. The van der Waals surface area contributed by atoms with E-state index in [-0.39, 0.29) is 35.3 Å². The zero-order chi connectivity index (χ0) is 23.6. The molecule has 0 aliphatic carbocycles. The van der Waals surface area contributed by atoms with E-state index in [2.05, 4.69) is 5.32 Å². The van der Waals surface area contributed by atoms with Crippen molar-refractivity contribution in [1.29, 1.82) is 0 Å². The largest absolute Gasteiger partial charge is 0.352 e. The van der Waals surface area contributed by atoms with E-state index in [1.807, 2.05) is 31.2 Å². The second kappa shape index (κ2) is 9.63. The predicted octanol–water partition coefficient (Wildman–Crippen LogP) is 4.78. The summed E-state index contributed by atoms with van der Waals surface area (Å²) in [5, 5.41) is 3.01. The van der Waals surface area contributed by atoms with Crippen molar-refractivity contribution in [1.82, 2.24) is 9.62 Å². The van der Waals surface area contributed by atoms with Gasteiger partial charge in [-0.3, -0.25) is 4.79 Å². The Hall–Kier alpha value is -2.74. The minimum Gasteiger partial charge on any atom is -0.352 e. The molecule has 3 aromatic carbocycles. The van der Waals surface area contributed by atoms with Gasteiger partial charge in [-0.1, -0.05) is 59.6 Å². The van der Waals surface area contributed by atoms with Gasteiger partial charge in [-0.15, -0.1) is 0 Å². The number of hydrogen-bond acceptors (Lipinski definition) is 3. The highest BCUT2D eigenvalue weighted by Gasteiger charge is 2.37. The van der Waals surface area contributed by atoms with Gasteiger partial charge in [-0.2, -0.15) is 4.31 Å². The zero-order valence-electron chi connectivity index (χ0n) is 18.1. The summed E-state index contributed by atoms with van der Waals surface area (Å²) in [4.78, 5) is 13.1. The molecule has 0 fully saturated rings. The van der Waals surface area contributed by atoms with Crippen LogP contribution in [0.1, 0.15) is 34.7 Å². The summed E-state index contributed by atoms with van der Waals surface area (Å²) in [6, 6.07) is 17.7. The van der Waals surface area contributed by atoms with Gasteiger partial charge < -0.3 is 5.32 Å². The van der Waals surface area contributed by atoms with Crippen LogP contribution in [0.2, 0.25) is 5.02 Å². The van der Waals surface area contributed by atoms with E-state index in [0.717, 1.165) is 16.7 Å². The van der Waals surface area contributed by atoms with Crippen LogP contribution in [-0.2, 0) is 27.8 Å². The summed E-state index contributed by atoms with van der Waals surface area (Å²) < 4.78 is 41.7. The molecular weight excluding hydrogens is 463 g/mol. The number of rotatable bonds is 6. The quantitative estimate of drug-likeness (QED) is 0.545. The fourth-order valence-electron chi connectivity index (χ4n) is 4.08. The Bertz CT molecular complexity index is 1280. The zero-order valence-corrected chi connectivity index (χ0v) is 19.7. The van der Waals surface area contributed by atoms with Crippen molar-refractivity contribution in [3.8, 4) is 0 Å². The lowest BCUT2D eigenvalue weighted by Gasteiger charge is -2.36. The van der Waals surface area contributed by atoms with E-state index in [4.69, 9.17) is 11.6 Å². The molecule has 33 heavy (non-hydrogen) atoms. The Kier molecular flexibility index (Phi) is 6.83. The van der Waals surface area contributed by atoms with Crippen LogP contribution in [0, 0.1) is 12.7 Å². The molecule has 4 rings (SSSR count). The van der Waals surface area contributed by atoms with Gasteiger partial charge in [0.05, 0.1) is 10.9 Å². The number of carbonyl (C=O) groups excluding carboxylic acids is 1. The molecule has 0 radical (unpaired) electrons. The van der Waals surface area contributed by atoms with Crippen molar-refractivity contribution in [2.75, 3.05) is 6.54 Å². The van der Waals surface area contributed by atoms with Crippen LogP contribution in [0.5, 0.6) is 0 Å². The summed E-state index contributed by atoms with van der Waals surface area (Å²) in [7, 11) is -3.80. The third-order valence-electron chi connectivity index (χ3n) is 5.86. The molecule has 1 aliphatic heterocycles. The van der Waals surface area contributed by atoms with Crippen molar-refractivity contribution >= 4 is 27.5 Å². The maximum atomic E-state index is 13.5. The Balaban J connectivity index is 1.59. The molecule has 0 saturated carbocycles. The van der Waals surface area contributed by atoms with Crippen LogP contribution in [-0.4, -0.2) is 25.2 Å². The number of hydrogen-bond donors (Lipinski definition) is 1. The van der Waals surface area contributed by atoms with Crippen molar-refractivity contribution in [2.24, 2.45) is 0 Å². The van der Waals surface area contributed by atoms with Gasteiger partial charge in [-0.25, -0.2) is 12.8 Å². The molecule has 0 aromatic heterocycles. The van der Waals surface area contributed by atoms with E-state index >= 15 is 0 Å². The van der Waals surface area contributed by atoms with Crippen molar-refractivity contribution in [3.63, 3.8) is 0 Å². The number of sulfonamides is 1. The number of fused-ring (bicyclic) bond motifs is 1. The van der Waals surface area contributed by atoms with Gasteiger partial charge in [0.2, 0.25) is 15.9 Å². The molecule has 0 unspecified atom stereocenters. The van der Waals surface area contributed by atoms with E-state index < -0.39 is 21.9 Å². The third kappa shape index (κ3) is 5.11. The number of nitrogens with one attached hydrogen (secondary N) is 1. The summed E-state index contributed by atoms with van der Waals surface area (Å²) >= 11 is 6.05. The number of amides is 1. The van der Waals surface area contributed by atoms with E-state index in [1.54, 1.807) is 24.3 Å². The van der Waals surface area contributed by atoms with Gasteiger partial charge >= 0.3 is 0 Å². The summed E-state index contributed by atoms with van der Waals surface area (Å²) in [6.45, 7) is 2.31. The minimum atomic E-state index is -3.80. The highest BCUT2D eigenvalue weighted by Crippen LogP contribution is 2.36. The van der Waals surface area contributed by atoms with Crippen LogP contribution in [0.4, 0.5) is 4.39 Å². The topological polar surface area (TPSA) is 66.5 Å². The first-order valence-electron chi connectivity index (χ1n) is 10.6. The molecule has 1 atom stereocenters. The molecule has 8 heteroatoms.